The Bertz CT molecular complexity index is 477. The smallest absolute Gasteiger partial charge is 0.227 e. The molecule has 0 saturated carbocycles. The summed E-state index contributed by atoms with van der Waals surface area (Å²) in [5.74, 6) is 0.488. The number of hydrogen-bond donors (Lipinski definition) is 0. The van der Waals surface area contributed by atoms with Crippen LogP contribution >= 0.6 is 0 Å². The van der Waals surface area contributed by atoms with Crippen molar-refractivity contribution >= 4 is 0 Å². The van der Waals surface area contributed by atoms with E-state index in [9.17, 15) is 0 Å². The average molecular weight is 184 g/mol. The summed E-state index contributed by atoms with van der Waals surface area (Å²) in [4.78, 5) is 4.00. The van der Waals surface area contributed by atoms with Crippen LogP contribution in [0.5, 0.6) is 0 Å². The van der Waals surface area contributed by atoms with Crippen molar-refractivity contribution in [3.63, 3.8) is 0 Å². The average Bonchev–Trinajstić information content (AvgIpc) is 2.67. The van der Waals surface area contributed by atoms with Gasteiger partial charge in [0.05, 0.1) is 0 Å². The molecule has 0 amide bonds. The van der Waals surface area contributed by atoms with Crippen LogP contribution in [-0.4, -0.2) is 4.98 Å². The Balaban J connectivity index is 2.40. The van der Waals surface area contributed by atoms with Gasteiger partial charge in [0, 0.05) is 5.56 Å². The van der Waals surface area contributed by atoms with Crippen molar-refractivity contribution in [3.8, 4) is 17.5 Å². The molecule has 0 aliphatic carbocycles. The van der Waals surface area contributed by atoms with Gasteiger partial charge in [-0.1, -0.05) is 17.7 Å². The first-order chi connectivity index (χ1) is 6.79. The molecule has 3 heteroatoms. The van der Waals surface area contributed by atoms with Gasteiger partial charge < -0.3 is 4.42 Å². The van der Waals surface area contributed by atoms with Crippen LogP contribution in [0.4, 0.5) is 0 Å². The van der Waals surface area contributed by atoms with Crippen molar-refractivity contribution in [2.45, 2.75) is 6.92 Å². The fourth-order valence-electron chi connectivity index (χ4n) is 1.15. The highest BCUT2D eigenvalue weighted by atomic mass is 16.3. The molecule has 2 aromatic rings. The van der Waals surface area contributed by atoms with Crippen molar-refractivity contribution in [2.24, 2.45) is 0 Å². The first-order valence-electron chi connectivity index (χ1n) is 4.22. The van der Waals surface area contributed by atoms with Crippen LogP contribution in [0, 0.1) is 18.3 Å². The summed E-state index contributed by atoms with van der Waals surface area (Å²) in [5, 5.41) is 8.57. The van der Waals surface area contributed by atoms with E-state index < -0.39 is 0 Å². The summed E-state index contributed by atoms with van der Waals surface area (Å²) in [5.41, 5.74) is 2.37. The molecule has 0 aliphatic rings. The van der Waals surface area contributed by atoms with Gasteiger partial charge in [0.25, 0.3) is 0 Å². The third-order valence-electron chi connectivity index (χ3n) is 1.92. The molecule has 14 heavy (non-hydrogen) atoms. The monoisotopic (exact) mass is 184 g/mol. The summed E-state index contributed by atoms with van der Waals surface area (Å²) < 4.78 is 5.15. The lowest BCUT2D eigenvalue weighted by Gasteiger charge is -1.94. The highest BCUT2D eigenvalue weighted by Gasteiger charge is 2.04. The molecule has 1 aromatic carbocycles. The van der Waals surface area contributed by atoms with Crippen LogP contribution in [0.25, 0.3) is 11.5 Å². The fourth-order valence-corrected chi connectivity index (χ4v) is 1.15. The first kappa shape index (κ1) is 8.52. The maximum Gasteiger partial charge on any atom is 0.227 e. The summed E-state index contributed by atoms with van der Waals surface area (Å²) >= 11 is 0. The maximum absolute atomic E-state index is 8.57. The fraction of sp³-hybridized carbons (Fsp3) is 0.0909. The van der Waals surface area contributed by atoms with Crippen LogP contribution in [0.15, 0.2) is 34.9 Å². The molecule has 0 atom stereocenters. The zero-order chi connectivity index (χ0) is 9.97. The molecule has 1 heterocycles. The van der Waals surface area contributed by atoms with E-state index in [1.54, 1.807) is 0 Å². The van der Waals surface area contributed by atoms with E-state index in [4.69, 9.17) is 9.68 Å². The Morgan fingerprint density at radius 1 is 1.29 bits per heavy atom. The van der Waals surface area contributed by atoms with Gasteiger partial charge in [-0.2, -0.15) is 10.2 Å². The predicted octanol–water partition coefficient (Wildman–Crippen LogP) is 2.52. The normalized spacial score (nSPS) is 9.71. The van der Waals surface area contributed by atoms with E-state index >= 15 is 0 Å². The minimum atomic E-state index is 0.306. The van der Waals surface area contributed by atoms with E-state index in [-0.39, 0.29) is 0 Å². The molecule has 3 nitrogen and oxygen atoms in total. The predicted molar refractivity (Wildman–Crippen MR) is 51.4 cm³/mol. The number of nitriles is 1. The lowest BCUT2D eigenvalue weighted by atomic mass is 10.1. The number of oxazole rings is 1. The van der Waals surface area contributed by atoms with E-state index in [0.29, 0.717) is 11.6 Å². The highest BCUT2D eigenvalue weighted by molar-refractivity contribution is 5.54. The van der Waals surface area contributed by atoms with Crippen molar-refractivity contribution < 1.29 is 4.42 Å². The van der Waals surface area contributed by atoms with E-state index in [2.05, 4.69) is 4.98 Å². The molecule has 0 fully saturated rings. The largest absolute Gasteiger partial charge is 0.443 e. The number of benzene rings is 1. The summed E-state index contributed by atoms with van der Waals surface area (Å²) in [6.45, 7) is 2.01. The molecule has 0 radical (unpaired) electrons. The Morgan fingerprint density at radius 3 is 2.57 bits per heavy atom. The Hall–Kier alpha value is -2.08. The molecular weight excluding hydrogens is 176 g/mol. The minimum Gasteiger partial charge on any atom is -0.443 e. The van der Waals surface area contributed by atoms with Crippen LogP contribution < -0.4 is 0 Å². The SMILES string of the molecule is Cc1ccc(-c2nc(C#N)co2)cc1. The second-order valence-electron chi connectivity index (χ2n) is 3.02. The quantitative estimate of drug-likeness (QED) is 0.684. The Morgan fingerprint density at radius 2 is 2.00 bits per heavy atom. The number of aryl methyl sites for hydroxylation is 1. The Kier molecular flexibility index (Phi) is 2.04. The summed E-state index contributed by atoms with van der Waals surface area (Å²) in [6, 6.07) is 9.72. The van der Waals surface area contributed by atoms with Gasteiger partial charge in [0.1, 0.15) is 12.3 Å². The molecule has 68 valence electrons. The molecule has 0 unspecified atom stereocenters. The minimum absolute atomic E-state index is 0.306. The molecule has 0 aliphatic heterocycles. The standard InChI is InChI=1S/C11H8N2O/c1-8-2-4-9(5-3-8)11-13-10(6-12)7-14-11/h2-5,7H,1H3. The van der Waals surface area contributed by atoms with Gasteiger partial charge in [-0.25, -0.2) is 0 Å². The van der Waals surface area contributed by atoms with Gasteiger partial charge in [-0.3, -0.25) is 0 Å². The summed E-state index contributed by atoms with van der Waals surface area (Å²) in [7, 11) is 0. The van der Waals surface area contributed by atoms with Crippen LogP contribution in [0.3, 0.4) is 0 Å². The van der Waals surface area contributed by atoms with Gasteiger partial charge in [0.15, 0.2) is 5.69 Å². The molecule has 2 rings (SSSR count). The van der Waals surface area contributed by atoms with Gasteiger partial charge in [0.2, 0.25) is 5.89 Å². The van der Waals surface area contributed by atoms with Crippen LogP contribution in [-0.2, 0) is 0 Å². The van der Waals surface area contributed by atoms with Gasteiger partial charge >= 0.3 is 0 Å². The van der Waals surface area contributed by atoms with Crippen molar-refractivity contribution in [2.75, 3.05) is 0 Å². The number of aromatic nitrogens is 1. The van der Waals surface area contributed by atoms with Crippen LogP contribution in [0.1, 0.15) is 11.3 Å². The zero-order valence-corrected chi connectivity index (χ0v) is 7.69. The molecule has 1 aromatic heterocycles. The highest BCUT2D eigenvalue weighted by Crippen LogP contribution is 2.18. The molecule has 0 N–H and O–H groups in total. The molecule has 0 bridgehead atoms. The first-order valence-corrected chi connectivity index (χ1v) is 4.22. The molecular formula is C11H8N2O. The van der Waals surface area contributed by atoms with E-state index in [1.807, 2.05) is 37.3 Å². The second kappa shape index (κ2) is 3.35. The molecule has 0 saturated heterocycles. The zero-order valence-electron chi connectivity index (χ0n) is 7.69. The lowest BCUT2D eigenvalue weighted by molar-refractivity contribution is 0.574. The third-order valence-corrected chi connectivity index (χ3v) is 1.92. The maximum atomic E-state index is 8.57. The lowest BCUT2D eigenvalue weighted by Crippen LogP contribution is -1.78. The third kappa shape index (κ3) is 1.50. The van der Waals surface area contributed by atoms with E-state index in [1.165, 1.54) is 11.8 Å². The van der Waals surface area contributed by atoms with Gasteiger partial charge in [-0.05, 0) is 19.1 Å². The van der Waals surface area contributed by atoms with Crippen molar-refractivity contribution in [1.29, 1.82) is 5.26 Å². The number of hydrogen-bond acceptors (Lipinski definition) is 3. The number of rotatable bonds is 1. The second-order valence-corrected chi connectivity index (χ2v) is 3.02. The van der Waals surface area contributed by atoms with Crippen molar-refractivity contribution in [1.82, 2.24) is 4.98 Å². The summed E-state index contributed by atoms with van der Waals surface area (Å²) in [6.07, 6.45) is 1.36. The van der Waals surface area contributed by atoms with Gasteiger partial charge in [-0.15, -0.1) is 0 Å². The number of nitrogens with zero attached hydrogens (tertiary/aromatic N) is 2. The Labute approximate surface area is 81.6 Å². The van der Waals surface area contributed by atoms with Crippen LogP contribution in [0.2, 0.25) is 0 Å². The van der Waals surface area contributed by atoms with Crippen molar-refractivity contribution in [3.05, 3.63) is 41.8 Å². The van der Waals surface area contributed by atoms with E-state index in [0.717, 1.165) is 5.56 Å². The topological polar surface area (TPSA) is 49.8 Å². The molecule has 0 spiro atoms.